The molecule has 0 fully saturated rings. The van der Waals surface area contributed by atoms with Crippen LogP contribution in [0, 0.1) is 6.92 Å². The summed E-state index contributed by atoms with van der Waals surface area (Å²) in [6.07, 6.45) is 2.26. The summed E-state index contributed by atoms with van der Waals surface area (Å²) in [4.78, 5) is 36.4. The first-order valence-electron chi connectivity index (χ1n) is 10.8. The number of hydrogen-bond acceptors (Lipinski definition) is 6. The summed E-state index contributed by atoms with van der Waals surface area (Å²) in [7, 11) is 0. The third kappa shape index (κ3) is 7.41. The standard InChI is InChI=1S/C26H24ClN3O5/c1-3-15-34-20-13-9-19(10-14-20)26(33)35-21-11-7-18(8-12-21)16-28-30-25(32)24(31)29-23-6-4-5-22(27)17(23)2/h4-14,16H,3,15H2,1-2H3,(H,29,31)(H,30,32)/b28-16-. The number of rotatable bonds is 8. The van der Waals surface area contributed by atoms with E-state index in [4.69, 9.17) is 21.1 Å². The van der Waals surface area contributed by atoms with Crippen LogP contribution in [0.15, 0.2) is 71.8 Å². The first kappa shape index (κ1) is 25.5. The molecule has 0 aliphatic rings. The third-order valence-electron chi connectivity index (χ3n) is 4.76. The number of ether oxygens (including phenoxy) is 2. The van der Waals surface area contributed by atoms with E-state index < -0.39 is 17.8 Å². The lowest BCUT2D eigenvalue weighted by molar-refractivity contribution is -0.136. The predicted octanol–water partition coefficient (Wildman–Crippen LogP) is 4.75. The van der Waals surface area contributed by atoms with Gasteiger partial charge in [-0.3, -0.25) is 9.59 Å². The first-order chi connectivity index (χ1) is 16.9. The Morgan fingerprint density at radius 3 is 2.31 bits per heavy atom. The van der Waals surface area contributed by atoms with Gasteiger partial charge in [-0.2, -0.15) is 5.10 Å². The van der Waals surface area contributed by atoms with Crippen LogP contribution >= 0.6 is 11.6 Å². The summed E-state index contributed by atoms with van der Waals surface area (Å²) < 4.78 is 10.9. The molecule has 0 radical (unpaired) electrons. The molecule has 0 unspecified atom stereocenters. The molecular weight excluding hydrogens is 470 g/mol. The number of hydrogen-bond donors (Lipinski definition) is 2. The van der Waals surface area contributed by atoms with E-state index in [0.717, 1.165) is 6.42 Å². The second-order valence-corrected chi connectivity index (χ2v) is 7.80. The fourth-order valence-electron chi connectivity index (χ4n) is 2.83. The molecule has 9 heteroatoms. The predicted molar refractivity (Wildman–Crippen MR) is 134 cm³/mol. The zero-order valence-electron chi connectivity index (χ0n) is 19.2. The number of amides is 2. The molecule has 2 N–H and O–H groups in total. The van der Waals surface area contributed by atoms with Crippen LogP contribution in [0.25, 0.3) is 0 Å². The number of nitrogens with one attached hydrogen (secondary N) is 2. The Morgan fingerprint density at radius 2 is 1.63 bits per heavy atom. The molecule has 3 rings (SSSR count). The minimum atomic E-state index is -0.933. The van der Waals surface area contributed by atoms with Crippen molar-refractivity contribution in [2.24, 2.45) is 5.10 Å². The van der Waals surface area contributed by atoms with Crippen LogP contribution in [0.2, 0.25) is 5.02 Å². The lowest BCUT2D eigenvalue weighted by Crippen LogP contribution is -2.32. The Hall–Kier alpha value is -4.17. The van der Waals surface area contributed by atoms with E-state index in [0.29, 0.717) is 45.5 Å². The number of halogens is 1. The van der Waals surface area contributed by atoms with E-state index in [-0.39, 0.29) is 0 Å². The summed E-state index contributed by atoms with van der Waals surface area (Å²) in [5.74, 6) is -1.27. The molecule has 0 heterocycles. The van der Waals surface area contributed by atoms with Crippen molar-refractivity contribution < 1.29 is 23.9 Å². The van der Waals surface area contributed by atoms with Crippen LogP contribution in [-0.4, -0.2) is 30.6 Å². The van der Waals surface area contributed by atoms with Gasteiger partial charge in [0.1, 0.15) is 11.5 Å². The minimum Gasteiger partial charge on any atom is -0.494 e. The van der Waals surface area contributed by atoms with Crippen molar-refractivity contribution in [3.05, 3.63) is 88.4 Å². The Balaban J connectivity index is 1.50. The molecule has 0 saturated carbocycles. The summed E-state index contributed by atoms with van der Waals surface area (Å²) in [5.41, 5.74) is 4.26. The molecule has 0 bridgehead atoms. The summed E-state index contributed by atoms with van der Waals surface area (Å²) in [6.45, 7) is 4.36. The number of nitrogens with zero attached hydrogens (tertiary/aromatic N) is 1. The SMILES string of the molecule is CCCOc1ccc(C(=O)Oc2ccc(/C=N\NC(=O)C(=O)Nc3cccc(Cl)c3C)cc2)cc1. The molecule has 0 aliphatic heterocycles. The molecule has 2 amide bonds. The first-order valence-corrected chi connectivity index (χ1v) is 11.2. The van der Waals surface area contributed by atoms with E-state index in [1.165, 1.54) is 6.21 Å². The van der Waals surface area contributed by atoms with Gasteiger partial charge < -0.3 is 14.8 Å². The van der Waals surface area contributed by atoms with E-state index >= 15 is 0 Å². The quantitative estimate of drug-likeness (QED) is 0.155. The van der Waals surface area contributed by atoms with Gasteiger partial charge in [-0.15, -0.1) is 0 Å². The molecule has 0 aliphatic carbocycles. The van der Waals surface area contributed by atoms with Gasteiger partial charge in [-0.1, -0.05) is 24.6 Å². The van der Waals surface area contributed by atoms with Crippen molar-refractivity contribution in [3.63, 3.8) is 0 Å². The zero-order valence-corrected chi connectivity index (χ0v) is 20.0. The van der Waals surface area contributed by atoms with Crippen molar-refractivity contribution in [2.75, 3.05) is 11.9 Å². The van der Waals surface area contributed by atoms with Gasteiger partial charge in [0.05, 0.1) is 18.4 Å². The van der Waals surface area contributed by atoms with Gasteiger partial charge in [-0.25, -0.2) is 10.2 Å². The average molecular weight is 494 g/mol. The average Bonchev–Trinajstić information content (AvgIpc) is 2.86. The zero-order chi connectivity index (χ0) is 25.2. The van der Waals surface area contributed by atoms with Crippen LogP contribution < -0.4 is 20.2 Å². The molecule has 0 atom stereocenters. The molecule has 0 saturated heterocycles. The molecule has 3 aromatic rings. The van der Waals surface area contributed by atoms with Crippen LogP contribution in [0.4, 0.5) is 5.69 Å². The number of carbonyl (C=O) groups is 3. The van der Waals surface area contributed by atoms with Gasteiger partial charge in [0.15, 0.2) is 0 Å². The summed E-state index contributed by atoms with van der Waals surface area (Å²) in [6, 6.07) is 18.2. The van der Waals surface area contributed by atoms with Crippen LogP contribution in [0.5, 0.6) is 11.5 Å². The lowest BCUT2D eigenvalue weighted by Gasteiger charge is -2.08. The highest BCUT2D eigenvalue weighted by atomic mass is 35.5. The molecular formula is C26H24ClN3O5. The fraction of sp³-hybridized carbons (Fsp3) is 0.154. The highest BCUT2D eigenvalue weighted by Crippen LogP contribution is 2.22. The molecule has 180 valence electrons. The maximum Gasteiger partial charge on any atom is 0.343 e. The van der Waals surface area contributed by atoms with E-state index in [2.05, 4.69) is 15.8 Å². The van der Waals surface area contributed by atoms with E-state index in [1.54, 1.807) is 73.7 Å². The third-order valence-corrected chi connectivity index (χ3v) is 5.16. The molecule has 0 spiro atoms. The van der Waals surface area contributed by atoms with Gasteiger partial charge in [0, 0.05) is 10.7 Å². The smallest absolute Gasteiger partial charge is 0.343 e. The van der Waals surface area contributed by atoms with E-state index in [1.807, 2.05) is 6.92 Å². The van der Waals surface area contributed by atoms with Gasteiger partial charge in [0.2, 0.25) is 0 Å². The normalized spacial score (nSPS) is 10.6. The molecule has 0 aromatic heterocycles. The van der Waals surface area contributed by atoms with Gasteiger partial charge in [0.25, 0.3) is 0 Å². The van der Waals surface area contributed by atoms with Crippen molar-refractivity contribution in [1.82, 2.24) is 5.43 Å². The Labute approximate surface area is 207 Å². The van der Waals surface area contributed by atoms with Crippen molar-refractivity contribution in [2.45, 2.75) is 20.3 Å². The largest absolute Gasteiger partial charge is 0.494 e. The summed E-state index contributed by atoms with van der Waals surface area (Å²) >= 11 is 6.01. The molecule has 35 heavy (non-hydrogen) atoms. The number of esters is 1. The Morgan fingerprint density at radius 1 is 0.943 bits per heavy atom. The Kier molecular flexibility index (Phi) is 8.97. The van der Waals surface area contributed by atoms with Crippen LogP contribution in [0.3, 0.4) is 0 Å². The maximum atomic E-state index is 12.3. The van der Waals surface area contributed by atoms with Crippen molar-refractivity contribution in [3.8, 4) is 11.5 Å². The summed E-state index contributed by atoms with van der Waals surface area (Å²) in [5, 5.41) is 6.74. The maximum absolute atomic E-state index is 12.3. The number of anilines is 1. The van der Waals surface area contributed by atoms with Crippen LogP contribution in [-0.2, 0) is 9.59 Å². The minimum absolute atomic E-state index is 0.346. The number of carbonyl (C=O) groups excluding carboxylic acids is 3. The number of hydrazone groups is 1. The van der Waals surface area contributed by atoms with Gasteiger partial charge >= 0.3 is 17.8 Å². The monoisotopic (exact) mass is 493 g/mol. The Bertz CT molecular complexity index is 1220. The van der Waals surface area contributed by atoms with Crippen molar-refractivity contribution in [1.29, 1.82) is 0 Å². The fourth-order valence-corrected chi connectivity index (χ4v) is 3.01. The lowest BCUT2D eigenvalue weighted by atomic mass is 10.2. The van der Waals surface area contributed by atoms with E-state index in [9.17, 15) is 14.4 Å². The molecule has 8 nitrogen and oxygen atoms in total. The second-order valence-electron chi connectivity index (χ2n) is 7.40. The van der Waals surface area contributed by atoms with Crippen LogP contribution in [0.1, 0.15) is 34.8 Å². The second kappa shape index (κ2) is 12.3. The van der Waals surface area contributed by atoms with Gasteiger partial charge in [-0.05, 0) is 85.1 Å². The topological polar surface area (TPSA) is 106 Å². The molecule has 3 aromatic carbocycles. The number of benzene rings is 3. The highest BCUT2D eigenvalue weighted by Gasteiger charge is 2.14. The highest BCUT2D eigenvalue weighted by molar-refractivity contribution is 6.40. The van der Waals surface area contributed by atoms with Crippen molar-refractivity contribution >= 4 is 41.3 Å².